The first-order chi connectivity index (χ1) is 9.17. The summed E-state index contributed by atoms with van der Waals surface area (Å²) < 4.78 is 23.4. The number of morpholine rings is 1. The Morgan fingerprint density at radius 3 is 3.11 bits per heavy atom. The van der Waals surface area contributed by atoms with Crippen molar-refractivity contribution in [2.45, 2.75) is 6.04 Å². The van der Waals surface area contributed by atoms with E-state index in [1.54, 1.807) is 0 Å². The SMILES string of the molecule is COc1cc(C(=O)N2CCOCC2CO)ccc1F. The second-order valence-corrected chi connectivity index (χ2v) is 4.26. The van der Waals surface area contributed by atoms with Crippen molar-refractivity contribution < 1.29 is 23.8 Å². The Morgan fingerprint density at radius 2 is 2.42 bits per heavy atom. The van der Waals surface area contributed by atoms with Crippen LogP contribution >= 0.6 is 0 Å². The molecule has 1 amide bonds. The van der Waals surface area contributed by atoms with Crippen LogP contribution in [0.5, 0.6) is 5.75 Å². The minimum absolute atomic E-state index is 0.0275. The Labute approximate surface area is 110 Å². The van der Waals surface area contributed by atoms with E-state index >= 15 is 0 Å². The lowest BCUT2D eigenvalue weighted by Gasteiger charge is -2.34. The van der Waals surface area contributed by atoms with E-state index in [1.807, 2.05) is 0 Å². The average Bonchev–Trinajstić information content (AvgIpc) is 2.47. The fraction of sp³-hybridized carbons (Fsp3) is 0.462. The Kier molecular flexibility index (Phi) is 4.34. The molecule has 1 aromatic rings. The van der Waals surface area contributed by atoms with Crippen molar-refractivity contribution in [1.82, 2.24) is 4.90 Å². The van der Waals surface area contributed by atoms with Crippen LogP contribution in [0.2, 0.25) is 0 Å². The first-order valence-electron chi connectivity index (χ1n) is 6.00. The van der Waals surface area contributed by atoms with Gasteiger partial charge in [0.2, 0.25) is 0 Å². The zero-order chi connectivity index (χ0) is 13.8. The highest BCUT2D eigenvalue weighted by molar-refractivity contribution is 5.95. The summed E-state index contributed by atoms with van der Waals surface area (Å²) in [5.74, 6) is -0.750. The fourth-order valence-corrected chi connectivity index (χ4v) is 2.03. The zero-order valence-electron chi connectivity index (χ0n) is 10.6. The molecule has 0 saturated carbocycles. The number of aliphatic hydroxyl groups excluding tert-OH is 1. The van der Waals surface area contributed by atoms with Crippen molar-refractivity contribution in [2.24, 2.45) is 0 Å². The molecule has 1 aliphatic heterocycles. The van der Waals surface area contributed by atoms with E-state index in [9.17, 15) is 14.3 Å². The highest BCUT2D eigenvalue weighted by Crippen LogP contribution is 2.20. The third kappa shape index (κ3) is 2.85. The summed E-state index contributed by atoms with van der Waals surface area (Å²) in [6.45, 7) is 0.981. The number of aliphatic hydroxyl groups is 1. The maximum Gasteiger partial charge on any atom is 0.254 e. The van der Waals surface area contributed by atoms with Gasteiger partial charge in [0.05, 0.1) is 33.0 Å². The molecule has 0 radical (unpaired) electrons. The maximum atomic E-state index is 13.3. The van der Waals surface area contributed by atoms with E-state index < -0.39 is 5.82 Å². The molecule has 19 heavy (non-hydrogen) atoms. The lowest BCUT2D eigenvalue weighted by Crippen LogP contribution is -2.50. The Balaban J connectivity index is 2.22. The smallest absolute Gasteiger partial charge is 0.254 e. The lowest BCUT2D eigenvalue weighted by molar-refractivity contribution is -0.0184. The van der Waals surface area contributed by atoms with E-state index in [0.717, 1.165) is 0 Å². The van der Waals surface area contributed by atoms with Crippen LogP contribution < -0.4 is 4.74 Å². The summed E-state index contributed by atoms with van der Waals surface area (Å²) in [6, 6.07) is 3.60. The topological polar surface area (TPSA) is 59.0 Å². The van der Waals surface area contributed by atoms with E-state index in [0.29, 0.717) is 25.3 Å². The van der Waals surface area contributed by atoms with Crippen LogP contribution in [-0.4, -0.2) is 55.4 Å². The minimum atomic E-state index is -0.514. The first-order valence-corrected chi connectivity index (χ1v) is 6.00. The molecule has 2 rings (SSSR count). The van der Waals surface area contributed by atoms with Gasteiger partial charge in [-0.15, -0.1) is 0 Å². The summed E-state index contributed by atoms with van der Waals surface area (Å²) >= 11 is 0. The third-order valence-electron chi connectivity index (χ3n) is 3.10. The number of ether oxygens (including phenoxy) is 2. The predicted octanol–water partition coefficient (Wildman–Crippen LogP) is 0.668. The summed E-state index contributed by atoms with van der Waals surface area (Å²) in [5.41, 5.74) is 0.332. The molecule has 0 spiro atoms. The molecular weight excluding hydrogens is 253 g/mol. The summed E-state index contributed by atoms with van der Waals surface area (Å²) in [4.78, 5) is 13.9. The van der Waals surface area contributed by atoms with E-state index in [2.05, 4.69) is 0 Å². The number of carbonyl (C=O) groups excluding carboxylic acids is 1. The van der Waals surface area contributed by atoms with E-state index in [1.165, 1.54) is 30.2 Å². The predicted molar refractivity (Wildman–Crippen MR) is 65.7 cm³/mol. The first kappa shape index (κ1) is 13.8. The second kappa shape index (κ2) is 5.99. The standard InChI is InChI=1S/C13H16FNO4/c1-18-12-6-9(2-3-11(12)14)13(17)15-4-5-19-8-10(15)7-16/h2-3,6,10,16H,4-5,7-8H2,1H3. The van der Waals surface area contributed by atoms with Crippen molar-refractivity contribution in [3.05, 3.63) is 29.6 Å². The molecule has 1 aromatic carbocycles. The molecule has 1 unspecified atom stereocenters. The quantitative estimate of drug-likeness (QED) is 0.876. The minimum Gasteiger partial charge on any atom is -0.494 e. The molecular formula is C13H16FNO4. The van der Waals surface area contributed by atoms with Gasteiger partial charge >= 0.3 is 0 Å². The Hall–Kier alpha value is -1.66. The summed E-state index contributed by atoms with van der Waals surface area (Å²) in [6.07, 6.45) is 0. The molecule has 0 bridgehead atoms. The molecule has 1 aliphatic rings. The number of amides is 1. The zero-order valence-corrected chi connectivity index (χ0v) is 10.6. The number of hydrogen-bond acceptors (Lipinski definition) is 4. The molecule has 104 valence electrons. The van der Waals surface area contributed by atoms with Gasteiger partial charge in [0.25, 0.3) is 5.91 Å². The molecule has 1 fully saturated rings. The van der Waals surface area contributed by atoms with Gasteiger partial charge in [-0.1, -0.05) is 0 Å². The van der Waals surface area contributed by atoms with Gasteiger partial charge in [0.1, 0.15) is 0 Å². The number of nitrogens with zero attached hydrogens (tertiary/aromatic N) is 1. The monoisotopic (exact) mass is 269 g/mol. The number of benzene rings is 1. The summed E-state index contributed by atoms with van der Waals surface area (Å²) in [7, 11) is 1.35. The number of halogens is 1. The van der Waals surface area contributed by atoms with Gasteiger partial charge in [-0.25, -0.2) is 4.39 Å². The molecule has 1 N–H and O–H groups in total. The van der Waals surface area contributed by atoms with Gasteiger partial charge in [-0.2, -0.15) is 0 Å². The fourth-order valence-electron chi connectivity index (χ4n) is 2.03. The molecule has 1 atom stereocenters. The van der Waals surface area contributed by atoms with Crippen LogP contribution in [0.3, 0.4) is 0 Å². The normalized spacial score (nSPS) is 19.3. The highest BCUT2D eigenvalue weighted by Gasteiger charge is 2.27. The average molecular weight is 269 g/mol. The van der Waals surface area contributed by atoms with Gasteiger partial charge < -0.3 is 19.5 Å². The highest BCUT2D eigenvalue weighted by atomic mass is 19.1. The number of rotatable bonds is 3. The van der Waals surface area contributed by atoms with E-state index in [-0.39, 0.29) is 24.3 Å². The van der Waals surface area contributed by atoms with Crippen molar-refractivity contribution in [2.75, 3.05) is 33.5 Å². The molecule has 0 aliphatic carbocycles. The van der Waals surface area contributed by atoms with Crippen LogP contribution in [0.4, 0.5) is 4.39 Å². The number of hydrogen-bond donors (Lipinski definition) is 1. The summed E-state index contributed by atoms with van der Waals surface area (Å²) in [5, 5.41) is 9.24. The lowest BCUT2D eigenvalue weighted by atomic mass is 10.1. The van der Waals surface area contributed by atoms with Gasteiger partial charge in [0.15, 0.2) is 11.6 Å². The van der Waals surface area contributed by atoms with Crippen molar-refractivity contribution in [3.63, 3.8) is 0 Å². The van der Waals surface area contributed by atoms with Crippen molar-refractivity contribution in [1.29, 1.82) is 0 Å². The van der Waals surface area contributed by atoms with Crippen molar-refractivity contribution in [3.8, 4) is 5.75 Å². The second-order valence-electron chi connectivity index (χ2n) is 4.26. The number of methoxy groups -OCH3 is 1. The third-order valence-corrected chi connectivity index (χ3v) is 3.10. The van der Waals surface area contributed by atoms with Crippen LogP contribution in [0.25, 0.3) is 0 Å². The van der Waals surface area contributed by atoms with Crippen LogP contribution in [0.1, 0.15) is 10.4 Å². The van der Waals surface area contributed by atoms with Crippen LogP contribution in [-0.2, 0) is 4.74 Å². The Morgan fingerprint density at radius 1 is 1.63 bits per heavy atom. The van der Waals surface area contributed by atoms with E-state index in [4.69, 9.17) is 9.47 Å². The molecule has 6 heteroatoms. The van der Waals surface area contributed by atoms with Crippen LogP contribution in [0.15, 0.2) is 18.2 Å². The van der Waals surface area contributed by atoms with Gasteiger partial charge in [0, 0.05) is 12.1 Å². The van der Waals surface area contributed by atoms with Crippen LogP contribution in [0, 0.1) is 5.82 Å². The van der Waals surface area contributed by atoms with Gasteiger partial charge in [-0.3, -0.25) is 4.79 Å². The largest absolute Gasteiger partial charge is 0.494 e. The van der Waals surface area contributed by atoms with Gasteiger partial charge in [-0.05, 0) is 18.2 Å². The number of carbonyl (C=O) groups is 1. The molecule has 5 nitrogen and oxygen atoms in total. The molecule has 1 heterocycles. The molecule has 0 aromatic heterocycles. The maximum absolute atomic E-state index is 13.3. The Bertz CT molecular complexity index is 466. The van der Waals surface area contributed by atoms with Crippen molar-refractivity contribution >= 4 is 5.91 Å². The molecule has 1 saturated heterocycles.